The summed E-state index contributed by atoms with van der Waals surface area (Å²) in [5.74, 6) is -14.7. The third-order valence-electron chi connectivity index (χ3n) is 1.44. The lowest BCUT2D eigenvalue weighted by atomic mass is 10.1. The first kappa shape index (κ1) is 20.0. The molecule has 0 aromatic carbocycles. The minimum absolute atomic E-state index is 0. The Hall–Kier alpha value is -0.370. The Morgan fingerprint density at radius 2 is 1.00 bits per heavy atom. The molecule has 0 fully saturated rings. The van der Waals surface area contributed by atoms with Crippen LogP contribution in [-0.2, 0) is 23.6 Å². The zero-order chi connectivity index (χ0) is 14.5. The highest BCUT2D eigenvalue weighted by Gasteiger charge is 2.85. The van der Waals surface area contributed by atoms with Gasteiger partial charge in [-0.3, -0.25) is 4.55 Å². The second kappa shape index (κ2) is 4.63. The van der Waals surface area contributed by atoms with Crippen LogP contribution in [0.25, 0.3) is 0 Å². The summed E-state index contributed by atoms with van der Waals surface area (Å²) in [6, 6.07) is 0. The first-order chi connectivity index (χ1) is 7.00. The molecule has 0 heterocycles. The first-order valence-corrected chi connectivity index (χ1v) is 4.61. The summed E-state index contributed by atoms with van der Waals surface area (Å²) in [7, 11) is -7.17. The average molecular weight is 335 g/mol. The molecule has 0 atom stereocenters. The van der Waals surface area contributed by atoms with E-state index in [4.69, 9.17) is 4.55 Å². The molecule has 0 bridgehead atoms. The molecule has 112 valence electrons. The Kier molecular flexibility index (Phi) is 5.13. The van der Waals surface area contributed by atoms with Gasteiger partial charge in [0, 0.05) is 0 Å². The van der Waals surface area contributed by atoms with Crippen LogP contribution in [0.4, 0.5) is 39.5 Å². The maximum absolute atomic E-state index is 12.2. The van der Waals surface area contributed by atoms with Crippen molar-refractivity contribution in [1.29, 1.82) is 0 Å². The Labute approximate surface area is 100 Å². The number of halogens is 9. The van der Waals surface area contributed by atoms with Gasteiger partial charge in [-0.25, -0.2) is 0 Å². The van der Waals surface area contributed by atoms with Crippen molar-refractivity contribution >= 4 is 23.6 Å². The van der Waals surface area contributed by atoms with Crippen LogP contribution in [0, 0.1) is 0 Å². The first-order valence-electron chi connectivity index (χ1n) is 3.17. The van der Waals surface area contributed by atoms with Gasteiger partial charge in [-0.05, 0) is 0 Å². The monoisotopic (exact) mass is 335 g/mol. The highest BCUT2D eigenvalue weighted by atomic mass is 32.2. The molecule has 0 aromatic heterocycles. The van der Waals surface area contributed by atoms with E-state index in [1.54, 1.807) is 0 Å². The van der Waals surface area contributed by atoms with Crippen molar-refractivity contribution in [3.05, 3.63) is 0 Å². The van der Waals surface area contributed by atoms with Crippen LogP contribution in [0.1, 0.15) is 0 Å². The van der Waals surface area contributed by atoms with Crippen LogP contribution >= 0.6 is 0 Å². The van der Waals surface area contributed by atoms with Crippen molar-refractivity contribution in [2.75, 3.05) is 0 Å². The predicted molar refractivity (Wildman–Crippen MR) is 44.0 cm³/mol. The predicted octanol–water partition coefficient (Wildman–Crippen LogP) is 1.49. The molecule has 0 spiro atoms. The molecule has 0 radical (unpaired) electrons. The van der Waals surface area contributed by atoms with E-state index >= 15 is 0 Å². The minimum atomic E-state index is -7.37. The standard InChI is InChI=1S/C4HF9O3S.H2S/c5-1(6,3(9,10)11)2(7,8)4(12,13)17(14,15)16;/h(H,14,15,16);1H2/p+1. The van der Waals surface area contributed by atoms with Gasteiger partial charge in [-0.2, -0.15) is 47.9 Å². The molecule has 0 rings (SSSR count). The van der Waals surface area contributed by atoms with Gasteiger partial charge in [0.25, 0.3) is 0 Å². The van der Waals surface area contributed by atoms with Crippen molar-refractivity contribution in [2.45, 2.75) is 23.3 Å². The van der Waals surface area contributed by atoms with Crippen molar-refractivity contribution < 1.29 is 52.5 Å². The molecule has 3 nitrogen and oxygen atoms in total. The molecule has 14 heteroatoms. The van der Waals surface area contributed by atoms with E-state index in [0.29, 0.717) is 0 Å². The van der Waals surface area contributed by atoms with E-state index < -0.39 is 33.4 Å². The Morgan fingerprint density at radius 1 is 0.722 bits per heavy atom. The maximum Gasteiger partial charge on any atom is 0.460 e. The molecule has 0 saturated heterocycles. The smallest absolute Gasteiger partial charge is 0.281 e. The van der Waals surface area contributed by atoms with Crippen LogP contribution in [0.2, 0.25) is 0 Å². The summed E-state index contributed by atoms with van der Waals surface area (Å²) in [5, 5.41) is -7.00. The average Bonchev–Trinajstić information content (AvgIpc) is 1.98. The molecular formula is C4H4F9O3S2+. The van der Waals surface area contributed by atoms with Crippen LogP contribution < -0.4 is 0 Å². The molecule has 0 amide bonds. The quantitative estimate of drug-likeness (QED) is 0.483. The fraction of sp³-hybridized carbons (Fsp3) is 1.00. The van der Waals surface area contributed by atoms with Crippen molar-refractivity contribution in [3.8, 4) is 0 Å². The summed E-state index contributed by atoms with van der Waals surface area (Å²) >= 11 is 0. The third kappa shape index (κ3) is 2.64. The summed E-state index contributed by atoms with van der Waals surface area (Å²) in [5.41, 5.74) is 0. The molecule has 0 saturated carbocycles. The summed E-state index contributed by atoms with van der Waals surface area (Å²) in [6.45, 7) is 0. The van der Waals surface area contributed by atoms with Gasteiger partial charge in [0.05, 0.1) is 0 Å². The molecule has 0 aliphatic rings. The SMILES string of the molecule is O=S(=O)(O)C(F)(F)C(F)(F)C(F)(F)C(F)(F)F.[SH3+]. The van der Waals surface area contributed by atoms with Gasteiger partial charge in [0.2, 0.25) is 0 Å². The van der Waals surface area contributed by atoms with E-state index in [1.165, 1.54) is 0 Å². The third-order valence-corrected chi connectivity index (χ3v) is 2.34. The normalized spacial score (nSPS) is 15.2. The van der Waals surface area contributed by atoms with Crippen LogP contribution in [0.15, 0.2) is 0 Å². The van der Waals surface area contributed by atoms with Gasteiger partial charge in [0.15, 0.2) is 0 Å². The number of alkyl halides is 9. The van der Waals surface area contributed by atoms with E-state index in [1.807, 2.05) is 0 Å². The van der Waals surface area contributed by atoms with Gasteiger partial charge in [-0.1, -0.05) is 13.5 Å². The highest BCUT2D eigenvalue weighted by molar-refractivity contribution is 7.87. The summed E-state index contributed by atoms with van der Waals surface area (Å²) in [6.07, 6.45) is -7.13. The second-order valence-corrected chi connectivity index (χ2v) is 4.10. The van der Waals surface area contributed by atoms with Gasteiger partial charge < -0.3 is 0 Å². The molecule has 0 aliphatic carbocycles. The van der Waals surface area contributed by atoms with Gasteiger partial charge in [-0.15, -0.1) is 0 Å². The van der Waals surface area contributed by atoms with E-state index in [0.717, 1.165) is 0 Å². The number of rotatable bonds is 3. The Morgan fingerprint density at radius 3 is 1.17 bits per heavy atom. The van der Waals surface area contributed by atoms with Crippen molar-refractivity contribution in [3.63, 3.8) is 0 Å². The van der Waals surface area contributed by atoms with Gasteiger partial charge in [0.1, 0.15) is 0 Å². The second-order valence-electron chi connectivity index (χ2n) is 2.64. The van der Waals surface area contributed by atoms with Crippen LogP contribution in [-0.4, -0.2) is 36.2 Å². The Bertz CT molecular complexity index is 397. The maximum atomic E-state index is 12.2. The summed E-state index contributed by atoms with van der Waals surface area (Å²) < 4.78 is 134. The molecule has 18 heavy (non-hydrogen) atoms. The molecule has 1 N–H and O–H groups in total. The number of hydrogen-bond acceptors (Lipinski definition) is 2. The van der Waals surface area contributed by atoms with Crippen molar-refractivity contribution in [2.24, 2.45) is 0 Å². The fourth-order valence-electron chi connectivity index (χ4n) is 0.523. The summed E-state index contributed by atoms with van der Waals surface area (Å²) in [4.78, 5) is 0. The largest absolute Gasteiger partial charge is 0.460 e. The lowest BCUT2D eigenvalue weighted by Crippen LogP contribution is -2.63. The molecule has 0 unspecified atom stereocenters. The molecular weight excluding hydrogens is 331 g/mol. The fourth-order valence-corrected chi connectivity index (χ4v) is 0.975. The molecule has 0 aromatic rings. The molecule has 0 aliphatic heterocycles. The lowest BCUT2D eigenvalue weighted by molar-refractivity contribution is -0.382. The lowest BCUT2D eigenvalue weighted by Gasteiger charge is -2.31. The van der Waals surface area contributed by atoms with E-state index in [2.05, 4.69) is 0 Å². The minimum Gasteiger partial charge on any atom is -0.281 e. The van der Waals surface area contributed by atoms with E-state index in [-0.39, 0.29) is 13.5 Å². The van der Waals surface area contributed by atoms with Gasteiger partial charge >= 0.3 is 33.4 Å². The number of hydrogen-bond donors (Lipinski definition) is 1. The zero-order valence-corrected chi connectivity index (χ0v) is 9.62. The Balaban J connectivity index is 0. The highest BCUT2D eigenvalue weighted by Crippen LogP contribution is 2.54. The topological polar surface area (TPSA) is 54.4 Å². The zero-order valence-electron chi connectivity index (χ0n) is 7.65. The van der Waals surface area contributed by atoms with E-state index in [9.17, 15) is 47.9 Å². The van der Waals surface area contributed by atoms with Crippen molar-refractivity contribution in [1.82, 2.24) is 0 Å². The van der Waals surface area contributed by atoms with Crippen LogP contribution in [0.3, 0.4) is 0 Å². The van der Waals surface area contributed by atoms with Crippen LogP contribution in [0.5, 0.6) is 0 Å².